The summed E-state index contributed by atoms with van der Waals surface area (Å²) in [5.41, 5.74) is 7.62. The topological polar surface area (TPSA) is 62.7 Å². The zero-order chi connectivity index (χ0) is 12.3. The fourth-order valence-electron chi connectivity index (χ4n) is 1.89. The number of hydrogen-bond acceptors (Lipinski definition) is 3. The Hall–Kier alpha value is -2.18. The first-order chi connectivity index (χ1) is 8.18. The SMILES string of the molecule is Cc1ccccc1C(N)(C#N)c1cccnc1. The Balaban J connectivity index is 2.62. The first-order valence-corrected chi connectivity index (χ1v) is 5.35. The van der Waals surface area contributed by atoms with E-state index in [2.05, 4.69) is 11.1 Å². The van der Waals surface area contributed by atoms with Gasteiger partial charge in [-0.05, 0) is 24.1 Å². The summed E-state index contributed by atoms with van der Waals surface area (Å²) in [6.07, 6.45) is 3.30. The van der Waals surface area contributed by atoms with Gasteiger partial charge in [-0.3, -0.25) is 4.98 Å². The molecule has 0 aliphatic carbocycles. The van der Waals surface area contributed by atoms with Crippen molar-refractivity contribution in [3.63, 3.8) is 0 Å². The maximum atomic E-state index is 9.41. The molecule has 0 saturated carbocycles. The summed E-state index contributed by atoms with van der Waals surface area (Å²) < 4.78 is 0. The van der Waals surface area contributed by atoms with E-state index < -0.39 is 5.54 Å². The Morgan fingerprint density at radius 3 is 2.59 bits per heavy atom. The Bertz CT molecular complexity index is 557. The van der Waals surface area contributed by atoms with Crippen LogP contribution in [0.15, 0.2) is 48.8 Å². The van der Waals surface area contributed by atoms with Crippen molar-refractivity contribution < 1.29 is 0 Å². The van der Waals surface area contributed by atoms with E-state index >= 15 is 0 Å². The van der Waals surface area contributed by atoms with Crippen molar-refractivity contribution in [2.24, 2.45) is 5.73 Å². The van der Waals surface area contributed by atoms with Crippen molar-refractivity contribution in [3.05, 3.63) is 65.5 Å². The van der Waals surface area contributed by atoms with E-state index in [-0.39, 0.29) is 0 Å². The highest BCUT2D eigenvalue weighted by Gasteiger charge is 2.30. The molecule has 1 aromatic heterocycles. The van der Waals surface area contributed by atoms with Gasteiger partial charge in [0.15, 0.2) is 5.54 Å². The molecule has 0 amide bonds. The molecule has 0 radical (unpaired) electrons. The molecule has 3 nitrogen and oxygen atoms in total. The van der Waals surface area contributed by atoms with Crippen molar-refractivity contribution >= 4 is 0 Å². The second-order valence-corrected chi connectivity index (χ2v) is 3.98. The van der Waals surface area contributed by atoms with Gasteiger partial charge in [-0.25, -0.2) is 0 Å². The number of rotatable bonds is 2. The molecule has 2 rings (SSSR count). The third-order valence-corrected chi connectivity index (χ3v) is 2.86. The lowest BCUT2D eigenvalue weighted by molar-refractivity contribution is 0.688. The average molecular weight is 223 g/mol. The molecule has 17 heavy (non-hydrogen) atoms. The lowest BCUT2D eigenvalue weighted by Crippen LogP contribution is -2.37. The molecule has 1 unspecified atom stereocenters. The van der Waals surface area contributed by atoms with Crippen LogP contribution in [0.4, 0.5) is 0 Å². The predicted molar refractivity (Wildman–Crippen MR) is 66.0 cm³/mol. The number of benzene rings is 1. The molecule has 0 spiro atoms. The van der Waals surface area contributed by atoms with Crippen molar-refractivity contribution in [2.45, 2.75) is 12.5 Å². The van der Waals surface area contributed by atoms with Gasteiger partial charge >= 0.3 is 0 Å². The Morgan fingerprint density at radius 2 is 2.00 bits per heavy atom. The Labute approximate surface area is 101 Å². The fraction of sp³-hybridized carbons (Fsp3) is 0.143. The van der Waals surface area contributed by atoms with Crippen LogP contribution in [0.25, 0.3) is 0 Å². The highest BCUT2D eigenvalue weighted by molar-refractivity contribution is 5.46. The van der Waals surface area contributed by atoms with Crippen LogP contribution < -0.4 is 5.73 Å². The maximum absolute atomic E-state index is 9.41. The lowest BCUT2D eigenvalue weighted by Gasteiger charge is -2.23. The van der Waals surface area contributed by atoms with Gasteiger partial charge in [0.1, 0.15) is 0 Å². The van der Waals surface area contributed by atoms with Gasteiger partial charge in [-0.15, -0.1) is 0 Å². The van der Waals surface area contributed by atoms with Crippen LogP contribution in [0, 0.1) is 18.3 Å². The van der Waals surface area contributed by atoms with Gasteiger partial charge < -0.3 is 5.73 Å². The minimum Gasteiger partial charge on any atom is -0.306 e. The highest BCUT2D eigenvalue weighted by atomic mass is 14.8. The predicted octanol–water partition coefficient (Wildman–Crippen LogP) is 2.12. The maximum Gasteiger partial charge on any atom is 0.157 e. The van der Waals surface area contributed by atoms with Crippen molar-refractivity contribution in [2.75, 3.05) is 0 Å². The molecule has 0 aliphatic heterocycles. The molecular weight excluding hydrogens is 210 g/mol. The van der Waals surface area contributed by atoms with Crippen molar-refractivity contribution in [1.82, 2.24) is 4.98 Å². The van der Waals surface area contributed by atoms with E-state index in [0.29, 0.717) is 5.56 Å². The molecule has 2 aromatic rings. The second-order valence-electron chi connectivity index (χ2n) is 3.98. The smallest absolute Gasteiger partial charge is 0.157 e. The van der Waals surface area contributed by atoms with Crippen LogP contribution in [-0.2, 0) is 5.54 Å². The summed E-state index contributed by atoms with van der Waals surface area (Å²) in [5, 5.41) is 9.41. The van der Waals surface area contributed by atoms with E-state index in [0.717, 1.165) is 11.1 Å². The number of aromatic nitrogens is 1. The first kappa shape index (κ1) is 11.3. The second kappa shape index (κ2) is 4.36. The van der Waals surface area contributed by atoms with Gasteiger partial charge in [0.05, 0.1) is 6.07 Å². The van der Waals surface area contributed by atoms with Crippen molar-refractivity contribution in [1.29, 1.82) is 5.26 Å². The van der Waals surface area contributed by atoms with Crippen LogP contribution >= 0.6 is 0 Å². The molecule has 0 saturated heterocycles. The average Bonchev–Trinajstić information content (AvgIpc) is 2.39. The molecule has 84 valence electrons. The summed E-state index contributed by atoms with van der Waals surface area (Å²) in [6.45, 7) is 1.95. The number of nitrogens with zero attached hydrogens (tertiary/aromatic N) is 2. The van der Waals surface area contributed by atoms with Crippen LogP contribution in [0.3, 0.4) is 0 Å². The number of pyridine rings is 1. The molecule has 1 heterocycles. The van der Waals surface area contributed by atoms with Crippen LogP contribution in [0.5, 0.6) is 0 Å². The molecule has 1 aromatic carbocycles. The quantitative estimate of drug-likeness (QED) is 0.848. The molecule has 0 fully saturated rings. The zero-order valence-corrected chi connectivity index (χ0v) is 9.59. The molecule has 3 heteroatoms. The highest BCUT2D eigenvalue weighted by Crippen LogP contribution is 2.27. The lowest BCUT2D eigenvalue weighted by atomic mass is 9.83. The molecule has 0 bridgehead atoms. The Kier molecular flexibility index (Phi) is 2.90. The first-order valence-electron chi connectivity index (χ1n) is 5.35. The van der Waals surface area contributed by atoms with E-state index in [1.807, 2.05) is 37.3 Å². The summed E-state index contributed by atoms with van der Waals surface area (Å²) in [4.78, 5) is 4.02. The van der Waals surface area contributed by atoms with Gasteiger partial charge in [-0.2, -0.15) is 5.26 Å². The zero-order valence-electron chi connectivity index (χ0n) is 9.59. The van der Waals surface area contributed by atoms with Gasteiger partial charge in [-0.1, -0.05) is 30.3 Å². The summed E-state index contributed by atoms with van der Waals surface area (Å²) in [5.74, 6) is 0. The van der Waals surface area contributed by atoms with E-state index in [1.165, 1.54) is 0 Å². The van der Waals surface area contributed by atoms with E-state index in [1.54, 1.807) is 18.5 Å². The fourth-order valence-corrected chi connectivity index (χ4v) is 1.89. The molecule has 0 aliphatic rings. The Morgan fingerprint density at radius 1 is 1.24 bits per heavy atom. The minimum absolute atomic E-state index is 0.705. The summed E-state index contributed by atoms with van der Waals surface area (Å²) in [6, 6.07) is 13.4. The minimum atomic E-state index is -1.14. The van der Waals surface area contributed by atoms with Crippen molar-refractivity contribution in [3.8, 4) is 6.07 Å². The van der Waals surface area contributed by atoms with Crippen LogP contribution in [0.1, 0.15) is 16.7 Å². The monoisotopic (exact) mass is 223 g/mol. The standard InChI is InChI=1S/C14H13N3/c1-11-5-2-3-7-13(11)14(16,10-15)12-6-4-8-17-9-12/h2-9H,16H2,1H3. The number of nitrogens with two attached hydrogens (primary N) is 1. The normalized spacial score (nSPS) is 13.7. The largest absolute Gasteiger partial charge is 0.306 e. The van der Waals surface area contributed by atoms with Crippen LogP contribution in [-0.4, -0.2) is 4.98 Å². The molecule has 2 N–H and O–H groups in total. The van der Waals surface area contributed by atoms with E-state index in [9.17, 15) is 5.26 Å². The molecule has 1 atom stereocenters. The van der Waals surface area contributed by atoms with Crippen LogP contribution in [0.2, 0.25) is 0 Å². The van der Waals surface area contributed by atoms with E-state index in [4.69, 9.17) is 5.73 Å². The van der Waals surface area contributed by atoms with Gasteiger partial charge in [0.2, 0.25) is 0 Å². The summed E-state index contributed by atoms with van der Waals surface area (Å²) in [7, 11) is 0. The third-order valence-electron chi connectivity index (χ3n) is 2.86. The number of aryl methyl sites for hydroxylation is 1. The number of nitriles is 1. The number of hydrogen-bond donors (Lipinski definition) is 1. The summed E-state index contributed by atoms with van der Waals surface area (Å²) >= 11 is 0. The van der Waals surface area contributed by atoms with Gasteiger partial charge in [0, 0.05) is 18.0 Å². The van der Waals surface area contributed by atoms with Gasteiger partial charge in [0.25, 0.3) is 0 Å². The third kappa shape index (κ3) is 1.91. The molecular formula is C14H13N3.